The summed E-state index contributed by atoms with van der Waals surface area (Å²) in [4.78, 5) is 11.9. The maximum Gasteiger partial charge on any atom is 0.253 e. The number of amides is 1. The van der Waals surface area contributed by atoms with Crippen molar-refractivity contribution in [1.82, 2.24) is 5.32 Å². The second kappa shape index (κ2) is 5.02. The van der Waals surface area contributed by atoms with Crippen molar-refractivity contribution in [3.05, 3.63) is 34.1 Å². The molecule has 0 aliphatic carbocycles. The van der Waals surface area contributed by atoms with Gasteiger partial charge in [-0.05, 0) is 38.5 Å². The first-order chi connectivity index (χ1) is 7.76. The first-order valence-electron chi connectivity index (χ1n) is 5.25. The predicted octanol–water partition coefficient (Wildman–Crippen LogP) is 2.25. The van der Waals surface area contributed by atoms with Crippen molar-refractivity contribution >= 4 is 17.5 Å². The number of carbonyl (C=O) groups excluding carboxylic acids is 1. The Morgan fingerprint density at radius 2 is 2.12 bits per heavy atom. The van der Waals surface area contributed by atoms with Crippen LogP contribution in [-0.4, -0.2) is 18.0 Å². The molecule has 17 heavy (non-hydrogen) atoms. The second-order valence-corrected chi connectivity index (χ2v) is 5.03. The maximum absolute atomic E-state index is 13.4. The van der Waals surface area contributed by atoms with E-state index in [1.54, 1.807) is 20.8 Å². The molecule has 1 aromatic carbocycles. The van der Waals surface area contributed by atoms with E-state index in [1.807, 2.05) is 0 Å². The van der Waals surface area contributed by atoms with Crippen LogP contribution in [0.25, 0.3) is 0 Å². The minimum absolute atomic E-state index is 0.122. The van der Waals surface area contributed by atoms with Crippen LogP contribution in [0.2, 0.25) is 5.02 Å². The average Bonchev–Trinajstić information content (AvgIpc) is 2.22. The Hall–Kier alpha value is -1.13. The highest BCUT2D eigenvalue weighted by Crippen LogP contribution is 2.21. The molecule has 0 unspecified atom stereocenters. The lowest BCUT2D eigenvalue weighted by Gasteiger charge is -2.24. The van der Waals surface area contributed by atoms with Gasteiger partial charge in [-0.25, -0.2) is 4.39 Å². The van der Waals surface area contributed by atoms with Gasteiger partial charge in [0.05, 0.1) is 10.6 Å². The van der Waals surface area contributed by atoms with Crippen LogP contribution < -0.4 is 11.1 Å². The van der Waals surface area contributed by atoms with Gasteiger partial charge in [0, 0.05) is 12.1 Å². The van der Waals surface area contributed by atoms with Gasteiger partial charge in [0.2, 0.25) is 0 Å². The van der Waals surface area contributed by atoms with Gasteiger partial charge in [0.15, 0.2) is 0 Å². The Morgan fingerprint density at radius 3 is 2.65 bits per heavy atom. The largest absolute Gasteiger partial charge is 0.346 e. The Morgan fingerprint density at radius 1 is 1.53 bits per heavy atom. The van der Waals surface area contributed by atoms with Crippen molar-refractivity contribution < 1.29 is 9.18 Å². The number of halogens is 2. The van der Waals surface area contributed by atoms with E-state index in [9.17, 15) is 9.18 Å². The van der Waals surface area contributed by atoms with E-state index in [0.29, 0.717) is 5.56 Å². The predicted molar refractivity (Wildman–Crippen MR) is 66.7 cm³/mol. The van der Waals surface area contributed by atoms with Gasteiger partial charge < -0.3 is 11.1 Å². The van der Waals surface area contributed by atoms with E-state index >= 15 is 0 Å². The molecule has 0 aliphatic rings. The van der Waals surface area contributed by atoms with Crippen molar-refractivity contribution in [2.24, 2.45) is 5.73 Å². The number of hydrogen-bond acceptors (Lipinski definition) is 2. The Balaban J connectivity index is 3.01. The summed E-state index contributed by atoms with van der Waals surface area (Å²) in [7, 11) is 0. The summed E-state index contributed by atoms with van der Waals surface area (Å²) in [5, 5.41) is 2.93. The van der Waals surface area contributed by atoms with Crippen LogP contribution in [0.1, 0.15) is 29.8 Å². The normalized spacial score (nSPS) is 11.4. The van der Waals surface area contributed by atoms with E-state index in [2.05, 4.69) is 5.32 Å². The van der Waals surface area contributed by atoms with Crippen molar-refractivity contribution in [3.63, 3.8) is 0 Å². The highest BCUT2D eigenvalue weighted by atomic mass is 35.5. The van der Waals surface area contributed by atoms with Crippen LogP contribution in [0, 0.1) is 12.7 Å². The third kappa shape index (κ3) is 3.41. The third-order valence-corrected chi connectivity index (χ3v) is 2.77. The molecule has 0 heterocycles. The van der Waals surface area contributed by atoms with Crippen molar-refractivity contribution in [2.45, 2.75) is 26.3 Å². The van der Waals surface area contributed by atoms with Gasteiger partial charge in [-0.1, -0.05) is 11.6 Å². The number of carbonyl (C=O) groups is 1. The smallest absolute Gasteiger partial charge is 0.253 e. The first-order valence-corrected chi connectivity index (χ1v) is 5.63. The molecule has 1 rings (SSSR count). The molecule has 0 spiro atoms. The number of nitrogens with one attached hydrogen (secondary N) is 1. The van der Waals surface area contributed by atoms with Crippen molar-refractivity contribution in [3.8, 4) is 0 Å². The van der Waals surface area contributed by atoms with Crippen LogP contribution in [0.3, 0.4) is 0 Å². The lowest BCUT2D eigenvalue weighted by Crippen LogP contribution is -2.48. The van der Waals surface area contributed by atoms with Crippen LogP contribution in [0.15, 0.2) is 12.1 Å². The fourth-order valence-electron chi connectivity index (χ4n) is 1.25. The van der Waals surface area contributed by atoms with Gasteiger partial charge >= 0.3 is 0 Å². The molecule has 3 N–H and O–H groups in total. The Labute approximate surface area is 105 Å². The van der Waals surface area contributed by atoms with Gasteiger partial charge in [-0.2, -0.15) is 0 Å². The van der Waals surface area contributed by atoms with Gasteiger partial charge in [0.1, 0.15) is 5.82 Å². The molecule has 0 aromatic heterocycles. The molecule has 0 bridgehead atoms. The molecule has 0 aliphatic heterocycles. The summed E-state index contributed by atoms with van der Waals surface area (Å²) in [5.41, 5.74) is 5.48. The standard InChI is InChI=1S/C12H16ClFN2O/c1-7-4-9(13)8(5-10(7)14)11(17)16-12(2,3)6-15/h4-5H,6,15H2,1-3H3,(H,16,17). The number of benzene rings is 1. The molecule has 1 aromatic rings. The van der Waals surface area contributed by atoms with Gasteiger partial charge in [-0.15, -0.1) is 0 Å². The minimum atomic E-state index is -0.554. The number of nitrogens with two attached hydrogens (primary N) is 1. The lowest BCUT2D eigenvalue weighted by atomic mass is 10.0. The maximum atomic E-state index is 13.4. The molecule has 3 nitrogen and oxygen atoms in total. The van der Waals surface area contributed by atoms with Crippen LogP contribution in [-0.2, 0) is 0 Å². The first kappa shape index (κ1) is 13.9. The highest BCUT2D eigenvalue weighted by Gasteiger charge is 2.21. The summed E-state index contributed by atoms with van der Waals surface area (Å²) in [5.74, 6) is -0.880. The van der Waals surface area contributed by atoms with Gasteiger partial charge in [0.25, 0.3) is 5.91 Å². The lowest BCUT2D eigenvalue weighted by molar-refractivity contribution is 0.0915. The second-order valence-electron chi connectivity index (χ2n) is 4.62. The van der Waals surface area contributed by atoms with E-state index < -0.39 is 17.3 Å². The molecular weight excluding hydrogens is 243 g/mol. The number of hydrogen-bond donors (Lipinski definition) is 2. The summed E-state index contributed by atoms with van der Waals surface area (Å²) in [6.07, 6.45) is 0. The number of aryl methyl sites for hydroxylation is 1. The molecule has 0 radical (unpaired) electrons. The Bertz CT molecular complexity index is 446. The van der Waals surface area contributed by atoms with E-state index in [1.165, 1.54) is 6.07 Å². The quantitative estimate of drug-likeness (QED) is 0.874. The summed E-state index contributed by atoms with van der Waals surface area (Å²) in [6, 6.07) is 2.57. The van der Waals surface area contributed by atoms with Crippen LogP contribution >= 0.6 is 11.6 Å². The van der Waals surface area contributed by atoms with E-state index in [4.69, 9.17) is 17.3 Å². The van der Waals surface area contributed by atoms with E-state index in [-0.39, 0.29) is 17.1 Å². The molecular formula is C12H16ClFN2O. The molecule has 94 valence electrons. The number of rotatable bonds is 3. The average molecular weight is 259 g/mol. The van der Waals surface area contributed by atoms with Crippen LogP contribution in [0.4, 0.5) is 4.39 Å². The zero-order valence-electron chi connectivity index (χ0n) is 10.1. The van der Waals surface area contributed by atoms with Gasteiger partial charge in [-0.3, -0.25) is 4.79 Å². The minimum Gasteiger partial charge on any atom is -0.346 e. The van der Waals surface area contributed by atoms with E-state index in [0.717, 1.165) is 6.07 Å². The fraction of sp³-hybridized carbons (Fsp3) is 0.417. The van der Waals surface area contributed by atoms with Crippen LogP contribution in [0.5, 0.6) is 0 Å². The Kier molecular flexibility index (Phi) is 4.11. The highest BCUT2D eigenvalue weighted by molar-refractivity contribution is 6.33. The van der Waals surface area contributed by atoms with Crippen molar-refractivity contribution in [2.75, 3.05) is 6.54 Å². The zero-order valence-corrected chi connectivity index (χ0v) is 10.9. The topological polar surface area (TPSA) is 55.1 Å². The molecule has 0 fully saturated rings. The summed E-state index contributed by atoms with van der Waals surface area (Å²) < 4.78 is 13.4. The summed E-state index contributed by atoms with van der Waals surface area (Å²) >= 11 is 5.91. The molecule has 0 saturated heterocycles. The third-order valence-electron chi connectivity index (χ3n) is 2.46. The molecule has 0 atom stereocenters. The summed E-state index contributed by atoms with van der Waals surface area (Å²) in [6.45, 7) is 5.43. The molecule has 0 saturated carbocycles. The monoisotopic (exact) mass is 258 g/mol. The fourth-order valence-corrected chi connectivity index (χ4v) is 1.55. The molecule has 5 heteroatoms. The SMILES string of the molecule is Cc1cc(Cl)c(C(=O)NC(C)(C)CN)cc1F. The zero-order chi connectivity index (χ0) is 13.2. The molecule has 1 amide bonds. The van der Waals surface area contributed by atoms with Crippen molar-refractivity contribution in [1.29, 1.82) is 0 Å².